The molecule has 0 bridgehead atoms. The third kappa shape index (κ3) is 3.75. The van der Waals surface area contributed by atoms with Gasteiger partial charge in [0.05, 0.1) is 11.6 Å². The predicted octanol–water partition coefficient (Wildman–Crippen LogP) is 2.84. The number of nitrogens with zero attached hydrogens (tertiary/aromatic N) is 2. The molecule has 18 heavy (non-hydrogen) atoms. The second kappa shape index (κ2) is 6.42. The number of anilines is 1. The van der Waals surface area contributed by atoms with Crippen molar-refractivity contribution in [3.05, 3.63) is 29.8 Å². The van der Waals surface area contributed by atoms with Crippen LogP contribution in [0.25, 0.3) is 0 Å². The number of hydrogen-bond donors (Lipinski definition) is 1. The fraction of sp³-hybridized carbons (Fsp3) is 0.533. The Bertz CT molecular complexity index is 416. The van der Waals surface area contributed by atoms with Gasteiger partial charge in [-0.1, -0.05) is 12.5 Å². The van der Waals surface area contributed by atoms with E-state index < -0.39 is 0 Å². The summed E-state index contributed by atoms with van der Waals surface area (Å²) in [4.78, 5) is 2.52. The SMILES string of the molecule is CC(CN1CCCCC1)Nc1cccc(C#N)c1. The number of hydrogen-bond acceptors (Lipinski definition) is 3. The van der Waals surface area contributed by atoms with Gasteiger partial charge in [0.25, 0.3) is 0 Å². The fourth-order valence-electron chi connectivity index (χ4n) is 2.54. The van der Waals surface area contributed by atoms with Crippen molar-refractivity contribution in [2.24, 2.45) is 0 Å². The molecule has 1 fully saturated rings. The van der Waals surface area contributed by atoms with Gasteiger partial charge >= 0.3 is 0 Å². The predicted molar refractivity (Wildman–Crippen MR) is 74.5 cm³/mol. The maximum Gasteiger partial charge on any atom is 0.0992 e. The van der Waals surface area contributed by atoms with Crippen LogP contribution < -0.4 is 5.32 Å². The van der Waals surface area contributed by atoms with Crippen LogP contribution in [-0.4, -0.2) is 30.6 Å². The summed E-state index contributed by atoms with van der Waals surface area (Å²) in [7, 11) is 0. The largest absolute Gasteiger partial charge is 0.381 e. The van der Waals surface area contributed by atoms with Crippen molar-refractivity contribution in [3.8, 4) is 6.07 Å². The number of nitrogens with one attached hydrogen (secondary N) is 1. The number of likely N-dealkylation sites (tertiary alicyclic amines) is 1. The van der Waals surface area contributed by atoms with Gasteiger partial charge in [0, 0.05) is 18.3 Å². The molecule has 0 radical (unpaired) electrons. The second-order valence-electron chi connectivity index (χ2n) is 5.10. The Morgan fingerprint density at radius 2 is 2.11 bits per heavy atom. The summed E-state index contributed by atoms with van der Waals surface area (Å²) in [5, 5.41) is 12.3. The summed E-state index contributed by atoms with van der Waals surface area (Å²) in [5.41, 5.74) is 1.75. The van der Waals surface area contributed by atoms with Crippen LogP contribution in [0.3, 0.4) is 0 Å². The Kier molecular flexibility index (Phi) is 4.60. The van der Waals surface area contributed by atoms with Crippen molar-refractivity contribution in [2.45, 2.75) is 32.2 Å². The Labute approximate surface area is 109 Å². The maximum atomic E-state index is 8.87. The Balaban J connectivity index is 1.86. The highest BCUT2D eigenvalue weighted by Crippen LogP contribution is 2.13. The van der Waals surface area contributed by atoms with Crippen LogP contribution >= 0.6 is 0 Å². The molecular formula is C15H21N3. The zero-order valence-electron chi connectivity index (χ0n) is 11.0. The number of nitriles is 1. The Hall–Kier alpha value is -1.53. The minimum atomic E-state index is 0.414. The highest BCUT2D eigenvalue weighted by atomic mass is 15.1. The van der Waals surface area contributed by atoms with Crippen LogP contribution in [0.5, 0.6) is 0 Å². The summed E-state index contributed by atoms with van der Waals surface area (Å²) in [6.07, 6.45) is 4.04. The van der Waals surface area contributed by atoms with Crippen LogP contribution in [0.1, 0.15) is 31.7 Å². The highest BCUT2D eigenvalue weighted by Gasteiger charge is 2.13. The summed E-state index contributed by atoms with van der Waals surface area (Å²) >= 11 is 0. The van der Waals surface area contributed by atoms with E-state index in [1.807, 2.05) is 24.3 Å². The molecule has 1 unspecified atom stereocenters. The van der Waals surface area contributed by atoms with Crippen LogP contribution in [0.15, 0.2) is 24.3 Å². The quantitative estimate of drug-likeness (QED) is 0.883. The van der Waals surface area contributed by atoms with Crippen LogP contribution in [0.4, 0.5) is 5.69 Å². The van der Waals surface area contributed by atoms with E-state index in [0.717, 1.165) is 12.2 Å². The maximum absolute atomic E-state index is 8.87. The average Bonchev–Trinajstić information content (AvgIpc) is 2.40. The molecule has 1 aromatic rings. The first-order chi connectivity index (χ1) is 8.78. The molecule has 0 aromatic heterocycles. The summed E-state index contributed by atoms with van der Waals surface area (Å²) in [6.45, 7) is 5.74. The molecule has 2 rings (SSSR count). The molecule has 1 aliphatic heterocycles. The van der Waals surface area contributed by atoms with Crippen LogP contribution in [0, 0.1) is 11.3 Å². The molecule has 1 aromatic carbocycles. The van der Waals surface area contributed by atoms with Crippen LogP contribution in [0.2, 0.25) is 0 Å². The van der Waals surface area contributed by atoms with Crippen molar-refractivity contribution < 1.29 is 0 Å². The fourth-order valence-corrected chi connectivity index (χ4v) is 2.54. The standard InChI is InChI=1S/C15H21N3/c1-13(12-18-8-3-2-4-9-18)17-15-7-5-6-14(10-15)11-16/h5-7,10,13,17H,2-4,8-9,12H2,1H3. The molecule has 1 atom stereocenters. The monoisotopic (exact) mass is 243 g/mol. The van der Waals surface area contributed by atoms with E-state index in [1.54, 1.807) is 0 Å². The minimum Gasteiger partial charge on any atom is -0.381 e. The number of benzene rings is 1. The zero-order valence-corrected chi connectivity index (χ0v) is 11.0. The third-order valence-electron chi connectivity index (χ3n) is 3.39. The van der Waals surface area contributed by atoms with Gasteiger partial charge in [0.2, 0.25) is 0 Å². The smallest absolute Gasteiger partial charge is 0.0992 e. The van der Waals surface area contributed by atoms with Gasteiger partial charge in [0.15, 0.2) is 0 Å². The molecule has 1 aliphatic rings. The molecule has 0 spiro atoms. The van der Waals surface area contributed by atoms with Gasteiger partial charge in [-0.2, -0.15) is 5.26 Å². The molecule has 1 saturated heterocycles. The lowest BCUT2D eigenvalue weighted by molar-refractivity contribution is 0.223. The van der Waals surface area contributed by atoms with Crippen molar-refractivity contribution >= 4 is 5.69 Å². The first kappa shape index (κ1) is 12.9. The molecular weight excluding hydrogens is 222 g/mol. The van der Waals surface area contributed by atoms with Gasteiger partial charge in [-0.3, -0.25) is 0 Å². The normalized spacial score (nSPS) is 18.0. The summed E-state index contributed by atoms with van der Waals surface area (Å²) in [6, 6.07) is 10.3. The van der Waals surface area contributed by atoms with Gasteiger partial charge in [0.1, 0.15) is 0 Å². The first-order valence-corrected chi connectivity index (χ1v) is 6.77. The van der Waals surface area contributed by atoms with E-state index in [4.69, 9.17) is 5.26 Å². The van der Waals surface area contributed by atoms with Crippen molar-refractivity contribution in [1.82, 2.24) is 4.90 Å². The van der Waals surface area contributed by atoms with Gasteiger partial charge < -0.3 is 10.2 Å². The summed E-state index contributed by atoms with van der Waals surface area (Å²) in [5.74, 6) is 0. The molecule has 1 heterocycles. The van der Waals surface area contributed by atoms with E-state index in [2.05, 4.69) is 23.2 Å². The Morgan fingerprint density at radius 1 is 1.33 bits per heavy atom. The third-order valence-corrected chi connectivity index (χ3v) is 3.39. The van der Waals surface area contributed by atoms with Gasteiger partial charge in [-0.15, -0.1) is 0 Å². The number of piperidine rings is 1. The minimum absolute atomic E-state index is 0.414. The molecule has 0 aliphatic carbocycles. The zero-order chi connectivity index (χ0) is 12.8. The molecule has 3 heteroatoms. The topological polar surface area (TPSA) is 39.1 Å². The lowest BCUT2D eigenvalue weighted by Gasteiger charge is -2.29. The van der Waals surface area contributed by atoms with E-state index >= 15 is 0 Å². The number of rotatable bonds is 4. The average molecular weight is 243 g/mol. The lowest BCUT2D eigenvalue weighted by Crippen LogP contribution is -2.38. The molecule has 96 valence electrons. The van der Waals surface area contributed by atoms with E-state index in [-0.39, 0.29) is 0 Å². The van der Waals surface area contributed by atoms with Gasteiger partial charge in [-0.25, -0.2) is 0 Å². The molecule has 3 nitrogen and oxygen atoms in total. The molecule has 0 saturated carbocycles. The van der Waals surface area contributed by atoms with E-state index in [9.17, 15) is 0 Å². The molecule has 1 N–H and O–H groups in total. The first-order valence-electron chi connectivity index (χ1n) is 6.77. The second-order valence-corrected chi connectivity index (χ2v) is 5.10. The van der Waals surface area contributed by atoms with Gasteiger partial charge in [-0.05, 0) is 51.1 Å². The van der Waals surface area contributed by atoms with Crippen LogP contribution in [-0.2, 0) is 0 Å². The van der Waals surface area contributed by atoms with E-state index in [1.165, 1.54) is 32.4 Å². The summed E-state index contributed by atoms with van der Waals surface area (Å²) < 4.78 is 0. The van der Waals surface area contributed by atoms with Crippen molar-refractivity contribution in [1.29, 1.82) is 5.26 Å². The van der Waals surface area contributed by atoms with E-state index in [0.29, 0.717) is 11.6 Å². The van der Waals surface area contributed by atoms with Crippen molar-refractivity contribution in [3.63, 3.8) is 0 Å². The Morgan fingerprint density at radius 3 is 2.83 bits per heavy atom. The van der Waals surface area contributed by atoms with Crippen molar-refractivity contribution in [2.75, 3.05) is 25.0 Å². The lowest BCUT2D eigenvalue weighted by atomic mass is 10.1. The highest BCUT2D eigenvalue weighted by molar-refractivity contribution is 5.49. The molecule has 0 amide bonds.